The van der Waals surface area contributed by atoms with Crippen molar-refractivity contribution in [3.8, 4) is 0 Å². The van der Waals surface area contributed by atoms with Crippen LogP contribution in [0.25, 0.3) is 0 Å². The average Bonchev–Trinajstić information content (AvgIpc) is 3.32. The van der Waals surface area contributed by atoms with Gasteiger partial charge in [0, 0.05) is 19.6 Å². The van der Waals surface area contributed by atoms with Crippen molar-refractivity contribution in [2.24, 2.45) is 0 Å². The van der Waals surface area contributed by atoms with Crippen molar-refractivity contribution in [1.29, 1.82) is 0 Å². The van der Waals surface area contributed by atoms with E-state index in [0.29, 0.717) is 26.1 Å². The van der Waals surface area contributed by atoms with E-state index in [1.807, 2.05) is 0 Å². The second-order valence-electron chi connectivity index (χ2n) is 8.47. The van der Waals surface area contributed by atoms with E-state index < -0.39 is 33.7 Å². The zero-order valence-electron chi connectivity index (χ0n) is 18.0. The summed E-state index contributed by atoms with van der Waals surface area (Å²) in [6.45, 7) is 2.42. The number of nitrogens with one attached hydrogen (secondary N) is 2. The fraction of sp³-hybridized carbons (Fsp3) is 0.435. The third kappa shape index (κ3) is 5.56. The van der Waals surface area contributed by atoms with E-state index in [0.717, 1.165) is 42.6 Å². The molecule has 2 aromatic carbocycles. The van der Waals surface area contributed by atoms with Crippen LogP contribution in [0.15, 0.2) is 47.4 Å². The van der Waals surface area contributed by atoms with Gasteiger partial charge < -0.3 is 10.2 Å². The fourth-order valence-corrected chi connectivity index (χ4v) is 5.56. The second-order valence-corrected chi connectivity index (χ2v) is 10.2. The Labute approximate surface area is 191 Å². The summed E-state index contributed by atoms with van der Waals surface area (Å²) in [4.78, 5) is 14.8. The lowest BCUT2D eigenvalue weighted by atomic mass is 10.0. The van der Waals surface area contributed by atoms with Gasteiger partial charge in [0.2, 0.25) is 15.9 Å². The summed E-state index contributed by atoms with van der Waals surface area (Å²) >= 11 is 0. The highest BCUT2D eigenvalue weighted by molar-refractivity contribution is 7.89. The summed E-state index contributed by atoms with van der Waals surface area (Å²) in [5.41, 5.74) is 1.35. The average molecular weight is 482 g/mol. The summed E-state index contributed by atoms with van der Waals surface area (Å²) in [5.74, 6) is -0.421. The molecule has 0 aromatic heterocycles. The second kappa shape index (κ2) is 9.44. The molecule has 0 radical (unpaired) electrons. The van der Waals surface area contributed by atoms with Gasteiger partial charge in [-0.25, -0.2) is 8.42 Å². The number of rotatable bonds is 6. The van der Waals surface area contributed by atoms with E-state index >= 15 is 0 Å². The van der Waals surface area contributed by atoms with Crippen molar-refractivity contribution in [3.63, 3.8) is 0 Å². The largest absolute Gasteiger partial charge is 0.416 e. The summed E-state index contributed by atoms with van der Waals surface area (Å²) in [6.07, 6.45) is -2.38. The zero-order valence-corrected chi connectivity index (χ0v) is 18.8. The van der Waals surface area contributed by atoms with E-state index in [4.69, 9.17) is 0 Å². The molecule has 10 heteroatoms. The Kier molecular flexibility index (Phi) is 6.78. The minimum Gasteiger partial charge on any atom is -0.341 e. The first kappa shape index (κ1) is 23.7. The van der Waals surface area contributed by atoms with Gasteiger partial charge in [-0.1, -0.05) is 24.3 Å². The van der Waals surface area contributed by atoms with Gasteiger partial charge in [-0.3, -0.25) is 4.79 Å². The Morgan fingerprint density at radius 1 is 1.09 bits per heavy atom. The lowest BCUT2D eigenvalue weighted by molar-refractivity contribution is -0.137. The highest BCUT2D eigenvalue weighted by atomic mass is 32.2. The highest BCUT2D eigenvalue weighted by Crippen LogP contribution is 2.30. The molecule has 2 aromatic rings. The van der Waals surface area contributed by atoms with Crippen LogP contribution >= 0.6 is 0 Å². The molecule has 6 nitrogen and oxygen atoms in total. The maximum Gasteiger partial charge on any atom is 0.416 e. The molecule has 1 amide bonds. The molecule has 0 saturated carbocycles. The molecule has 33 heavy (non-hydrogen) atoms. The molecule has 4 rings (SSSR count). The van der Waals surface area contributed by atoms with Crippen LogP contribution in [-0.2, 0) is 40.4 Å². The van der Waals surface area contributed by atoms with E-state index in [-0.39, 0.29) is 16.9 Å². The van der Waals surface area contributed by atoms with Gasteiger partial charge in [-0.05, 0) is 67.1 Å². The highest BCUT2D eigenvalue weighted by Gasteiger charge is 2.33. The lowest BCUT2D eigenvalue weighted by Gasteiger charge is -2.25. The third-order valence-electron chi connectivity index (χ3n) is 6.08. The van der Waals surface area contributed by atoms with Crippen LogP contribution in [0.2, 0.25) is 0 Å². The van der Waals surface area contributed by atoms with Gasteiger partial charge in [0.1, 0.15) is 6.04 Å². The molecule has 2 heterocycles. The first-order valence-corrected chi connectivity index (χ1v) is 12.4. The van der Waals surface area contributed by atoms with E-state index in [1.165, 1.54) is 18.2 Å². The molecule has 2 aliphatic heterocycles. The minimum absolute atomic E-state index is 0.0476. The third-order valence-corrected chi connectivity index (χ3v) is 7.55. The van der Waals surface area contributed by atoms with Gasteiger partial charge in [-0.15, -0.1) is 0 Å². The van der Waals surface area contributed by atoms with Crippen molar-refractivity contribution < 1.29 is 26.4 Å². The summed E-state index contributed by atoms with van der Waals surface area (Å²) in [5, 5.41) is 3.22. The molecule has 1 fully saturated rings. The molecule has 1 saturated heterocycles. The smallest absolute Gasteiger partial charge is 0.341 e. The number of halogens is 3. The van der Waals surface area contributed by atoms with Crippen molar-refractivity contribution in [2.75, 3.05) is 19.6 Å². The quantitative estimate of drug-likeness (QED) is 0.665. The standard InChI is InChI=1S/C23H26F3N3O3S/c24-23(25,26)19-5-3-4-16(12-19)13-21(22(30)29-10-1-2-11-29)28-33(31,32)20-7-6-18-15-27-9-8-17(18)14-20/h3-7,12,14,21,27-28H,1-2,8-11,13,15H2/t21-/m1/s1. The van der Waals surface area contributed by atoms with Crippen LogP contribution in [-0.4, -0.2) is 44.9 Å². The van der Waals surface area contributed by atoms with Gasteiger partial charge in [0.05, 0.1) is 10.5 Å². The molecule has 2 N–H and O–H groups in total. The van der Waals surface area contributed by atoms with Crippen molar-refractivity contribution >= 4 is 15.9 Å². The predicted octanol–water partition coefficient (Wildman–Crippen LogP) is 2.86. The Bertz CT molecular complexity index is 1130. The molecule has 0 aliphatic carbocycles. The molecule has 178 valence electrons. The number of alkyl halides is 3. The van der Waals surface area contributed by atoms with Gasteiger partial charge >= 0.3 is 6.18 Å². The molecule has 2 aliphatic rings. The number of likely N-dealkylation sites (tertiary alicyclic amines) is 1. The Balaban J connectivity index is 1.61. The van der Waals surface area contributed by atoms with Crippen LogP contribution in [0.5, 0.6) is 0 Å². The molecule has 0 unspecified atom stereocenters. The molecular weight excluding hydrogens is 455 g/mol. The number of fused-ring (bicyclic) bond motifs is 1. The van der Waals surface area contributed by atoms with Crippen molar-refractivity contribution in [1.82, 2.24) is 14.9 Å². The van der Waals surface area contributed by atoms with Crippen LogP contribution in [0.1, 0.15) is 35.1 Å². The Hall–Kier alpha value is -2.43. The van der Waals surface area contributed by atoms with Crippen LogP contribution in [0.4, 0.5) is 13.2 Å². The van der Waals surface area contributed by atoms with E-state index in [1.54, 1.807) is 17.0 Å². The summed E-state index contributed by atoms with van der Waals surface area (Å²) in [7, 11) is -4.07. The molecule has 1 atom stereocenters. The number of nitrogens with zero attached hydrogens (tertiary/aromatic N) is 1. The molecule has 0 spiro atoms. The number of amides is 1. The van der Waals surface area contributed by atoms with E-state index in [2.05, 4.69) is 10.0 Å². The number of carbonyl (C=O) groups excluding carboxylic acids is 1. The maximum atomic E-state index is 13.2. The van der Waals surface area contributed by atoms with Crippen LogP contribution in [0.3, 0.4) is 0 Å². The predicted molar refractivity (Wildman–Crippen MR) is 117 cm³/mol. The number of benzene rings is 2. The number of hydrogen-bond donors (Lipinski definition) is 2. The van der Waals surface area contributed by atoms with Gasteiger partial charge in [-0.2, -0.15) is 17.9 Å². The minimum atomic E-state index is -4.53. The first-order valence-electron chi connectivity index (χ1n) is 10.9. The van der Waals surface area contributed by atoms with Gasteiger partial charge in [0.25, 0.3) is 0 Å². The fourth-order valence-electron chi connectivity index (χ4n) is 4.32. The molecular formula is C23H26F3N3O3S. The topological polar surface area (TPSA) is 78.5 Å². The first-order chi connectivity index (χ1) is 15.6. The summed E-state index contributed by atoms with van der Waals surface area (Å²) < 4.78 is 68.3. The van der Waals surface area contributed by atoms with Crippen LogP contribution in [0, 0.1) is 0 Å². The number of hydrogen-bond acceptors (Lipinski definition) is 4. The Morgan fingerprint density at radius 2 is 1.85 bits per heavy atom. The SMILES string of the molecule is O=C([C@@H](Cc1cccc(C(F)(F)F)c1)NS(=O)(=O)c1ccc2c(c1)CCNC2)N1CCCC1. The number of carbonyl (C=O) groups is 1. The summed E-state index contributed by atoms with van der Waals surface area (Å²) in [6, 6.07) is 8.31. The van der Waals surface area contributed by atoms with Crippen LogP contribution < -0.4 is 10.0 Å². The monoisotopic (exact) mass is 481 g/mol. The zero-order chi connectivity index (χ0) is 23.6. The number of sulfonamides is 1. The lowest BCUT2D eigenvalue weighted by Crippen LogP contribution is -2.48. The normalized spacial score (nSPS) is 17.6. The Morgan fingerprint density at radius 3 is 2.58 bits per heavy atom. The van der Waals surface area contributed by atoms with Crippen molar-refractivity contribution in [3.05, 3.63) is 64.7 Å². The molecule has 0 bridgehead atoms. The maximum absolute atomic E-state index is 13.2. The van der Waals surface area contributed by atoms with Crippen molar-refractivity contribution in [2.45, 2.75) is 49.3 Å². The van der Waals surface area contributed by atoms with E-state index in [9.17, 15) is 26.4 Å². The van der Waals surface area contributed by atoms with Gasteiger partial charge in [0.15, 0.2) is 0 Å².